The van der Waals surface area contributed by atoms with Crippen LogP contribution in [0.1, 0.15) is 19.8 Å². The highest BCUT2D eigenvalue weighted by Crippen LogP contribution is 2.06. The first-order chi connectivity index (χ1) is 6.36. The minimum absolute atomic E-state index is 0.592. The third-order valence-electron chi connectivity index (χ3n) is 1.65. The molecule has 0 aliphatic heterocycles. The van der Waals surface area contributed by atoms with Crippen molar-refractivity contribution in [3.05, 3.63) is 12.3 Å². The predicted molar refractivity (Wildman–Crippen MR) is 52.0 cm³/mol. The van der Waals surface area contributed by atoms with Crippen molar-refractivity contribution in [2.45, 2.75) is 19.8 Å². The maximum absolute atomic E-state index is 4.97. The Morgan fingerprint density at radius 2 is 2.38 bits per heavy atom. The lowest BCUT2D eigenvalue weighted by Crippen LogP contribution is -2.05. The molecule has 0 radical (unpaired) electrons. The number of hydrogen-bond donors (Lipinski definition) is 1. The van der Waals surface area contributed by atoms with Gasteiger partial charge in [-0.25, -0.2) is 4.98 Å². The molecule has 13 heavy (non-hydrogen) atoms. The molecule has 4 nitrogen and oxygen atoms in total. The molecule has 1 rings (SSSR count). The summed E-state index contributed by atoms with van der Waals surface area (Å²) in [5.74, 6) is 1.22. The molecule has 0 saturated heterocycles. The number of anilines is 1. The van der Waals surface area contributed by atoms with Crippen LogP contribution in [0, 0.1) is 0 Å². The molecule has 0 saturated carbocycles. The zero-order valence-corrected chi connectivity index (χ0v) is 8.08. The van der Waals surface area contributed by atoms with Crippen molar-refractivity contribution in [1.29, 1.82) is 0 Å². The molecule has 1 aromatic heterocycles. The second kappa shape index (κ2) is 5.35. The summed E-state index contributed by atoms with van der Waals surface area (Å²) in [5.41, 5.74) is 0. The predicted octanol–water partition coefficient (Wildman–Crippen LogP) is 1.70. The van der Waals surface area contributed by atoms with Gasteiger partial charge in [-0.1, -0.05) is 13.3 Å². The molecule has 1 N–H and O–H groups in total. The van der Waals surface area contributed by atoms with Gasteiger partial charge in [-0.2, -0.15) is 4.98 Å². The smallest absolute Gasteiger partial charge is 0.225 e. The van der Waals surface area contributed by atoms with Crippen molar-refractivity contribution in [2.24, 2.45) is 0 Å². The van der Waals surface area contributed by atoms with Gasteiger partial charge in [0.25, 0.3) is 0 Å². The zero-order chi connectivity index (χ0) is 9.52. The third kappa shape index (κ3) is 3.27. The van der Waals surface area contributed by atoms with E-state index in [1.54, 1.807) is 19.4 Å². The van der Waals surface area contributed by atoms with Gasteiger partial charge in [0, 0.05) is 18.8 Å². The minimum Gasteiger partial charge on any atom is -0.481 e. The van der Waals surface area contributed by atoms with Gasteiger partial charge in [0.2, 0.25) is 11.8 Å². The summed E-state index contributed by atoms with van der Waals surface area (Å²) in [6, 6.07) is 1.73. The fourth-order valence-electron chi connectivity index (χ4n) is 0.918. The largest absolute Gasteiger partial charge is 0.481 e. The molecule has 1 aromatic rings. The summed E-state index contributed by atoms with van der Waals surface area (Å²) in [6.45, 7) is 3.05. The van der Waals surface area contributed by atoms with E-state index in [9.17, 15) is 0 Å². The van der Waals surface area contributed by atoms with Crippen LogP contribution in [0.15, 0.2) is 12.3 Å². The molecule has 72 valence electrons. The van der Waals surface area contributed by atoms with Crippen molar-refractivity contribution in [3.8, 4) is 5.88 Å². The van der Waals surface area contributed by atoms with Crippen LogP contribution in [0.4, 0.5) is 5.95 Å². The number of methoxy groups -OCH3 is 1. The molecule has 4 heteroatoms. The number of aromatic nitrogens is 2. The summed E-state index contributed by atoms with van der Waals surface area (Å²) < 4.78 is 4.97. The van der Waals surface area contributed by atoms with Crippen molar-refractivity contribution in [1.82, 2.24) is 9.97 Å². The normalized spacial score (nSPS) is 9.69. The average Bonchev–Trinajstić information content (AvgIpc) is 2.19. The Bertz CT molecular complexity index is 252. The minimum atomic E-state index is 0.592. The molecule has 0 spiro atoms. The quantitative estimate of drug-likeness (QED) is 0.702. The van der Waals surface area contributed by atoms with Crippen LogP contribution >= 0.6 is 0 Å². The molecule has 0 aliphatic carbocycles. The number of hydrogen-bond acceptors (Lipinski definition) is 4. The Morgan fingerprint density at radius 1 is 1.54 bits per heavy atom. The highest BCUT2D eigenvalue weighted by Gasteiger charge is 1.96. The van der Waals surface area contributed by atoms with Gasteiger partial charge in [-0.3, -0.25) is 0 Å². The first-order valence-electron chi connectivity index (χ1n) is 4.47. The monoisotopic (exact) mass is 181 g/mol. The van der Waals surface area contributed by atoms with Crippen LogP contribution in [-0.4, -0.2) is 23.6 Å². The summed E-state index contributed by atoms with van der Waals surface area (Å²) in [7, 11) is 1.60. The Kier molecular flexibility index (Phi) is 4.02. The van der Waals surface area contributed by atoms with Crippen molar-refractivity contribution in [3.63, 3.8) is 0 Å². The number of unbranched alkanes of at least 4 members (excludes halogenated alkanes) is 1. The van der Waals surface area contributed by atoms with Gasteiger partial charge in [0.05, 0.1) is 7.11 Å². The Hall–Kier alpha value is -1.32. The summed E-state index contributed by atoms with van der Waals surface area (Å²) in [4.78, 5) is 8.18. The van der Waals surface area contributed by atoms with Gasteiger partial charge < -0.3 is 10.1 Å². The summed E-state index contributed by atoms with van der Waals surface area (Å²) >= 11 is 0. The average molecular weight is 181 g/mol. The lowest BCUT2D eigenvalue weighted by Gasteiger charge is -2.04. The van der Waals surface area contributed by atoms with Crippen LogP contribution in [-0.2, 0) is 0 Å². The standard InChI is InChI=1S/C9H15N3O/c1-3-4-6-10-9-11-7-5-8(12-9)13-2/h5,7H,3-4,6H2,1-2H3,(H,10,11,12). The molecule has 0 atom stereocenters. The first-order valence-corrected chi connectivity index (χ1v) is 4.47. The van der Waals surface area contributed by atoms with Crippen LogP contribution in [0.3, 0.4) is 0 Å². The van der Waals surface area contributed by atoms with Gasteiger partial charge >= 0.3 is 0 Å². The van der Waals surface area contributed by atoms with E-state index in [-0.39, 0.29) is 0 Å². The number of nitrogens with zero attached hydrogens (tertiary/aromatic N) is 2. The van der Waals surface area contributed by atoms with Gasteiger partial charge in [-0.05, 0) is 6.42 Å². The van der Waals surface area contributed by atoms with E-state index in [1.165, 1.54) is 0 Å². The highest BCUT2D eigenvalue weighted by molar-refractivity contribution is 5.26. The van der Waals surface area contributed by atoms with E-state index < -0.39 is 0 Å². The molecule has 0 bridgehead atoms. The topological polar surface area (TPSA) is 47.0 Å². The molecule has 1 heterocycles. The first kappa shape index (κ1) is 9.77. The van der Waals surface area contributed by atoms with Crippen LogP contribution < -0.4 is 10.1 Å². The highest BCUT2D eigenvalue weighted by atomic mass is 16.5. The van der Waals surface area contributed by atoms with Crippen LogP contribution in [0.5, 0.6) is 5.88 Å². The lowest BCUT2D eigenvalue weighted by molar-refractivity contribution is 0.397. The van der Waals surface area contributed by atoms with E-state index in [4.69, 9.17) is 4.74 Å². The van der Waals surface area contributed by atoms with Crippen LogP contribution in [0.25, 0.3) is 0 Å². The van der Waals surface area contributed by atoms with E-state index in [1.807, 2.05) is 0 Å². The third-order valence-corrected chi connectivity index (χ3v) is 1.65. The maximum atomic E-state index is 4.97. The Morgan fingerprint density at radius 3 is 3.08 bits per heavy atom. The fourth-order valence-corrected chi connectivity index (χ4v) is 0.918. The van der Waals surface area contributed by atoms with Crippen LogP contribution in [0.2, 0.25) is 0 Å². The second-order valence-electron chi connectivity index (χ2n) is 2.70. The van der Waals surface area contributed by atoms with Gasteiger partial charge in [-0.15, -0.1) is 0 Å². The van der Waals surface area contributed by atoms with E-state index in [2.05, 4.69) is 22.2 Å². The number of ether oxygens (including phenoxy) is 1. The molecular weight excluding hydrogens is 166 g/mol. The molecule has 0 aromatic carbocycles. The number of nitrogens with one attached hydrogen (secondary N) is 1. The second-order valence-corrected chi connectivity index (χ2v) is 2.70. The van der Waals surface area contributed by atoms with E-state index in [0.29, 0.717) is 11.8 Å². The molecular formula is C9H15N3O. The zero-order valence-electron chi connectivity index (χ0n) is 8.08. The van der Waals surface area contributed by atoms with Gasteiger partial charge in [0.15, 0.2) is 0 Å². The van der Waals surface area contributed by atoms with Crippen molar-refractivity contribution in [2.75, 3.05) is 19.0 Å². The maximum Gasteiger partial charge on any atom is 0.225 e. The number of rotatable bonds is 5. The molecule has 0 aliphatic rings. The van der Waals surface area contributed by atoms with E-state index in [0.717, 1.165) is 19.4 Å². The van der Waals surface area contributed by atoms with Crippen molar-refractivity contribution >= 4 is 5.95 Å². The molecule has 0 fully saturated rings. The Labute approximate surface area is 78.4 Å². The molecule has 0 amide bonds. The fraction of sp³-hybridized carbons (Fsp3) is 0.556. The van der Waals surface area contributed by atoms with E-state index >= 15 is 0 Å². The van der Waals surface area contributed by atoms with Crippen molar-refractivity contribution < 1.29 is 4.74 Å². The SMILES string of the molecule is CCCCNc1nccc(OC)n1. The Balaban J connectivity index is 2.46. The lowest BCUT2D eigenvalue weighted by atomic mass is 10.3. The summed E-state index contributed by atoms with van der Waals surface area (Å²) in [6.07, 6.45) is 3.97. The molecule has 0 unspecified atom stereocenters. The van der Waals surface area contributed by atoms with Gasteiger partial charge in [0.1, 0.15) is 0 Å². The summed E-state index contributed by atoms with van der Waals surface area (Å²) in [5, 5.41) is 3.12.